The number of aromatic nitrogens is 2. The number of halogens is 1. The minimum atomic E-state index is 0.0411. The molecular formula is C23H25ClN2. The van der Waals surface area contributed by atoms with Crippen LogP contribution in [0.4, 0.5) is 0 Å². The minimum Gasteiger partial charge on any atom is -0.310 e. The van der Waals surface area contributed by atoms with Gasteiger partial charge in [0.1, 0.15) is 0 Å². The largest absolute Gasteiger partial charge is 0.310 e. The first-order valence-electron chi connectivity index (χ1n) is 9.51. The summed E-state index contributed by atoms with van der Waals surface area (Å²) < 4.78 is 2.04. The number of nitrogens with zero attached hydrogens (tertiary/aromatic N) is 2. The monoisotopic (exact) mass is 364 g/mol. The van der Waals surface area contributed by atoms with Crippen LogP contribution in [0.15, 0.2) is 67.0 Å². The highest BCUT2D eigenvalue weighted by Gasteiger charge is 2.29. The molecule has 1 aliphatic carbocycles. The number of benzene rings is 2. The van der Waals surface area contributed by atoms with E-state index in [1.165, 1.54) is 48.8 Å². The van der Waals surface area contributed by atoms with Crippen molar-refractivity contribution in [3.05, 3.63) is 89.0 Å². The van der Waals surface area contributed by atoms with E-state index < -0.39 is 0 Å². The Kier molecular flexibility index (Phi) is 4.86. The maximum absolute atomic E-state index is 6.36. The Morgan fingerprint density at radius 2 is 1.58 bits per heavy atom. The van der Waals surface area contributed by atoms with Crippen LogP contribution in [0, 0.1) is 0 Å². The molecule has 0 amide bonds. The highest BCUT2D eigenvalue weighted by Crippen LogP contribution is 2.39. The lowest BCUT2D eigenvalue weighted by atomic mass is 9.71. The SMILES string of the molecule is CC1(c2ccc(C(c3ccccc3)n3ccnc3Cl)cc2)CCCCC1. The Labute approximate surface area is 160 Å². The molecular weight excluding hydrogens is 340 g/mol. The van der Waals surface area contributed by atoms with E-state index in [0.29, 0.717) is 10.7 Å². The zero-order valence-corrected chi connectivity index (χ0v) is 16.0. The summed E-state index contributed by atoms with van der Waals surface area (Å²) in [5.41, 5.74) is 4.24. The van der Waals surface area contributed by atoms with Crippen LogP contribution in [-0.4, -0.2) is 9.55 Å². The molecule has 0 bridgehead atoms. The summed E-state index contributed by atoms with van der Waals surface area (Å²) in [6.07, 6.45) is 10.4. The molecule has 0 radical (unpaired) electrons. The van der Waals surface area contributed by atoms with E-state index in [-0.39, 0.29) is 6.04 Å². The highest BCUT2D eigenvalue weighted by molar-refractivity contribution is 6.28. The number of imidazole rings is 1. The van der Waals surface area contributed by atoms with Crippen molar-refractivity contribution < 1.29 is 0 Å². The third-order valence-corrected chi connectivity index (χ3v) is 6.19. The standard InChI is InChI=1S/C23H25ClN2/c1-23(14-6-3-7-15-23)20-12-10-19(11-13-20)21(18-8-4-2-5-9-18)26-17-16-25-22(26)24/h2,4-5,8-13,16-17,21H,3,6-7,14-15H2,1H3. The van der Waals surface area contributed by atoms with Crippen molar-refractivity contribution in [1.82, 2.24) is 9.55 Å². The Morgan fingerprint density at radius 1 is 0.923 bits per heavy atom. The highest BCUT2D eigenvalue weighted by atomic mass is 35.5. The Hall–Kier alpha value is -2.06. The fourth-order valence-electron chi connectivity index (χ4n) is 4.32. The summed E-state index contributed by atoms with van der Waals surface area (Å²) in [6, 6.07) is 19.7. The van der Waals surface area contributed by atoms with Crippen LogP contribution in [0.3, 0.4) is 0 Å². The lowest BCUT2D eigenvalue weighted by Crippen LogP contribution is -2.25. The third-order valence-electron chi connectivity index (χ3n) is 5.90. The van der Waals surface area contributed by atoms with Crippen molar-refractivity contribution in [2.75, 3.05) is 0 Å². The predicted octanol–water partition coefficient (Wildman–Crippen LogP) is 6.40. The maximum Gasteiger partial charge on any atom is 0.203 e. The Balaban J connectivity index is 1.72. The van der Waals surface area contributed by atoms with Crippen LogP contribution >= 0.6 is 11.6 Å². The second-order valence-electron chi connectivity index (χ2n) is 7.66. The van der Waals surface area contributed by atoms with E-state index in [9.17, 15) is 0 Å². The lowest BCUT2D eigenvalue weighted by Gasteiger charge is -2.34. The quantitative estimate of drug-likeness (QED) is 0.524. The zero-order valence-electron chi connectivity index (χ0n) is 15.2. The Bertz CT molecular complexity index is 845. The molecule has 1 aliphatic rings. The van der Waals surface area contributed by atoms with Crippen molar-refractivity contribution in [2.24, 2.45) is 0 Å². The Morgan fingerprint density at radius 3 is 2.19 bits per heavy atom. The van der Waals surface area contributed by atoms with Gasteiger partial charge in [-0.2, -0.15) is 0 Å². The number of hydrogen-bond donors (Lipinski definition) is 0. The fraction of sp³-hybridized carbons (Fsp3) is 0.348. The molecule has 0 N–H and O–H groups in total. The van der Waals surface area contributed by atoms with Gasteiger partial charge in [-0.3, -0.25) is 0 Å². The molecule has 134 valence electrons. The molecule has 2 aromatic carbocycles. The summed E-state index contributed by atoms with van der Waals surface area (Å²) in [6.45, 7) is 2.42. The van der Waals surface area contributed by atoms with Gasteiger partial charge in [0.2, 0.25) is 5.28 Å². The molecule has 0 saturated heterocycles. The maximum atomic E-state index is 6.36. The van der Waals surface area contributed by atoms with E-state index >= 15 is 0 Å². The van der Waals surface area contributed by atoms with Gasteiger partial charge in [-0.25, -0.2) is 4.98 Å². The van der Waals surface area contributed by atoms with Crippen molar-refractivity contribution in [1.29, 1.82) is 0 Å². The molecule has 1 aromatic heterocycles. The molecule has 1 fully saturated rings. The van der Waals surface area contributed by atoms with Gasteiger partial charge in [0.15, 0.2) is 0 Å². The van der Waals surface area contributed by atoms with Crippen molar-refractivity contribution in [3.8, 4) is 0 Å². The first-order chi connectivity index (χ1) is 12.7. The van der Waals surface area contributed by atoms with Crippen LogP contribution in [0.2, 0.25) is 5.28 Å². The van der Waals surface area contributed by atoms with Crippen LogP contribution < -0.4 is 0 Å². The third kappa shape index (κ3) is 3.31. The normalized spacial score (nSPS) is 17.8. The molecule has 3 aromatic rings. The molecule has 1 heterocycles. The second kappa shape index (κ2) is 7.28. The summed E-state index contributed by atoms with van der Waals surface area (Å²) in [7, 11) is 0. The molecule has 26 heavy (non-hydrogen) atoms. The summed E-state index contributed by atoms with van der Waals surface area (Å²) in [5, 5.41) is 0.516. The fourth-order valence-corrected chi connectivity index (χ4v) is 4.54. The molecule has 2 nitrogen and oxygen atoms in total. The van der Waals surface area contributed by atoms with Crippen LogP contribution in [0.5, 0.6) is 0 Å². The average Bonchev–Trinajstić information content (AvgIpc) is 3.10. The molecule has 0 aliphatic heterocycles. The summed E-state index contributed by atoms with van der Waals surface area (Å²) >= 11 is 6.36. The van der Waals surface area contributed by atoms with Gasteiger partial charge in [-0.05, 0) is 46.5 Å². The summed E-state index contributed by atoms with van der Waals surface area (Å²) in [4.78, 5) is 4.22. The van der Waals surface area contributed by atoms with E-state index in [1.54, 1.807) is 6.20 Å². The van der Waals surface area contributed by atoms with Crippen LogP contribution in [0.1, 0.15) is 61.8 Å². The molecule has 0 spiro atoms. The van der Waals surface area contributed by atoms with Crippen LogP contribution in [-0.2, 0) is 5.41 Å². The first kappa shape index (κ1) is 17.4. The second-order valence-corrected chi connectivity index (χ2v) is 8.00. The lowest BCUT2D eigenvalue weighted by molar-refractivity contribution is 0.319. The van der Waals surface area contributed by atoms with E-state index in [1.807, 2.05) is 16.8 Å². The van der Waals surface area contributed by atoms with E-state index in [0.717, 1.165) is 0 Å². The topological polar surface area (TPSA) is 17.8 Å². The first-order valence-corrected chi connectivity index (χ1v) is 9.89. The van der Waals surface area contributed by atoms with Crippen molar-refractivity contribution >= 4 is 11.6 Å². The van der Waals surface area contributed by atoms with Gasteiger partial charge >= 0.3 is 0 Å². The molecule has 1 unspecified atom stereocenters. The van der Waals surface area contributed by atoms with E-state index in [2.05, 4.69) is 60.4 Å². The molecule has 3 heteroatoms. The smallest absolute Gasteiger partial charge is 0.203 e. The van der Waals surface area contributed by atoms with Crippen molar-refractivity contribution in [3.63, 3.8) is 0 Å². The average molecular weight is 365 g/mol. The van der Waals surface area contributed by atoms with Gasteiger partial charge < -0.3 is 4.57 Å². The van der Waals surface area contributed by atoms with Gasteiger partial charge in [0.25, 0.3) is 0 Å². The van der Waals surface area contributed by atoms with Crippen LogP contribution in [0.25, 0.3) is 0 Å². The number of rotatable bonds is 4. The minimum absolute atomic E-state index is 0.0411. The van der Waals surface area contributed by atoms with Gasteiger partial charge in [-0.15, -0.1) is 0 Å². The molecule has 1 saturated carbocycles. The summed E-state index contributed by atoms with van der Waals surface area (Å²) in [5.74, 6) is 0. The number of hydrogen-bond acceptors (Lipinski definition) is 1. The molecule has 4 rings (SSSR count). The van der Waals surface area contributed by atoms with E-state index in [4.69, 9.17) is 11.6 Å². The van der Waals surface area contributed by atoms with Gasteiger partial charge in [0.05, 0.1) is 6.04 Å². The predicted molar refractivity (Wildman–Crippen MR) is 108 cm³/mol. The van der Waals surface area contributed by atoms with Gasteiger partial charge in [0, 0.05) is 12.4 Å². The van der Waals surface area contributed by atoms with Gasteiger partial charge in [-0.1, -0.05) is 80.8 Å². The zero-order chi connectivity index (χ0) is 18.0. The van der Waals surface area contributed by atoms with Crippen molar-refractivity contribution in [2.45, 2.75) is 50.5 Å². The molecule has 1 atom stereocenters.